The van der Waals surface area contributed by atoms with Crippen molar-refractivity contribution in [1.29, 1.82) is 0 Å². The number of hydrogen-bond donors (Lipinski definition) is 0. The van der Waals surface area contributed by atoms with Crippen LogP contribution in [0.15, 0.2) is 30.5 Å². The number of carbonyl (C=O) groups is 1. The van der Waals surface area contributed by atoms with E-state index in [2.05, 4.69) is 5.10 Å². The molecule has 0 unspecified atom stereocenters. The third kappa shape index (κ3) is 2.39. The highest BCUT2D eigenvalue weighted by Gasteiger charge is 2.12. The Labute approximate surface area is 105 Å². The van der Waals surface area contributed by atoms with Gasteiger partial charge in [0.15, 0.2) is 6.29 Å². The largest absolute Gasteiger partial charge is 0.298 e. The highest BCUT2D eigenvalue weighted by molar-refractivity contribution is 6.30. The number of rotatable bonds is 3. The molecule has 0 aliphatic rings. The second-order valence-corrected chi connectivity index (χ2v) is 4.60. The molecule has 0 atom stereocenters. The number of benzene rings is 1. The Hall–Kier alpha value is -1.61. The summed E-state index contributed by atoms with van der Waals surface area (Å²) in [4.78, 5) is 11.0. The van der Waals surface area contributed by atoms with Gasteiger partial charge in [0.25, 0.3) is 0 Å². The molecule has 0 N–H and O–H groups in total. The van der Waals surface area contributed by atoms with Crippen LogP contribution < -0.4 is 0 Å². The lowest BCUT2D eigenvalue weighted by Crippen LogP contribution is -1.97. The summed E-state index contributed by atoms with van der Waals surface area (Å²) in [5.74, 6) is 0.226. The summed E-state index contributed by atoms with van der Waals surface area (Å²) < 4.78 is 1.70. The van der Waals surface area contributed by atoms with E-state index in [1.165, 1.54) is 0 Å². The van der Waals surface area contributed by atoms with Crippen molar-refractivity contribution in [2.45, 2.75) is 19.8 Å². The average Bonchev–Trinajstić information content (AvgIpc) is 2.74. The molecule has 0 amide bonds. The fourth-order valence-corrected chi connectivity index (χ4v) is 1.79. The van der Waals surface area contributed by atoms with Crippen LogP contribution in [0.2, 0.25) is 5.02 Å². The zero-order valence-corrected chi connectivity index (χ0v) is 10.5. The van der Waals surface area contributed by atoms with Gasteiger partial charge in [-0.05, 0) is 30.2 Å². The molecule has 0 radical (unpaired) electrons. The van der Waals surface area contributed by atoms with Crippen molar-refractivity contribution in [2.24, 2.45) is 0 Å². The number of halogens is 1. The molecule has 0 aliphatic heterocycles. The quantitative estimate of drug-likeness (QED) is 0.780. The maximum atomic E-state index is 11.0. The van der Waals surface area contributed by atoms with E-state index in [4.69, 9.17) is 11.6 Å². The molecule has 2 rings (SSSR count). The first kappa shape index (κ1) is 11.9. The summed E-state index contributed by atoms with van der Waals surface area (Å²) in [5.41, 5.74) is 2.34. The zero-order chi connectivity index (χ0) is 12.4. The molecule has 0 aliphatic carbocycles. The van der Waals surface area contributed by atoms with Crippen molar-refractivity contribution in [2.75, 3.05) is 0 Å². The molecule has 88 valence electrons. The zero-order valence-electron chi connectivity index (χ0n) is 9.72. The molecule has 17 heavy (non-hydrogen) atoms. The SMILES string of the molecule is CC(C)c1nn(-c2ccc(Cl)cc2)cc1C=O. The van der Waals surface area contributed by atoms with E-state index >= 15 is 0 Å². The van der Waals surface area contributed by atoms with Crippen molar-refractivity contribution in [3.63, 3.8) is 0 Å². The molecule has 0 saturated carbocycles. The highest BCUT2D eigenvalue weighted by Crippen LogP contribution is 2.19. The van der Waals surface area contributed by atoms with Gasteiger partial charge >= 0.3 is 0 Å². The first-order valence-corrected chi connectivity index (χ1v) is 5.80. The predicted octanol–water partition coefficient (Wildman–Crippen LogP) is 3.46. The number of aromatic nitrogens is 2. The van der Waals surface area contributed by atoms with E-state index in [1.54, 1.807) is 23.0 Å². The van der Waals surface area contributed by atoms with E-state index in [9.17, 15) is 4.79 Å². The Bertz CT molecular complexity index is 529. The maximum Gasteiger partial charge on any atom is 0.153 e. The number of carbonyl (C=O) groups excluding carboxylic acids is 1. The van der Waals surface area contributed by atoms with Crippen molar-refractivity contribution in [1.82, 2.24) is 9.78 Å². The Morgan fingerprint density at radius 3 is 2.41 bits per heavy atom. The van der Waals surface area contributed by atoms with E-state index in [0.717, 1.165) is 17.7 Å². The molecule has 2 aromatic rings. The second kappa shape index (κ2) is 4.72. The Kier molecular flexibility index (Phi) is 3.29. The van der Waals surface area contributed by atoms with Gasteiger partial charge in [-0.15, -0.1) is 0 Å². The summed E-state index contributed by atoms with van der Waals surface area (Å²) >= 11 is 5.83. The summed E-state index contributed by atoms with van der Waals surface area (Å²) in [7, 11) is 0. The van der Waals surface area contributed by atoms with Gasteiger partial charge in [0.05, 0.1) is 16.9 Å². The third-order valence-electron chi connectivity index (χ3n) is 2.54. The molecule has 1 aromatic heterocycles. The van der Waals surface area contributed by atoms with Crippen LogP contribution in [0.5, 0.6) is 0 Å². The van der Waals surface area contributed by atoms with Gasteiger partial charge < -0.3 is 0 Å². The minimum atomic E-state index is 0.226. The monoisotopic (exact) mass is 248 g/mol. The topological polar surface area (TPSA) is 34.9 Å². The Morgan fingerprint density at radius 2 is 1.94 bits per heavy atom. The lowest BCUT2D eigenvalue weighted by Gasteiger charge is -2.02. The first-order valence-electron chi connectivity index (χ1n) is 5.42. The molecular formula is C13H13ClN2O. The molecule has 0 bridgehead atoms. The summed E-state index contributed by atoms with van der Waals surface area (Å²) in [6.07, 6.45) is 2.58. The lowest BCUT2D eigenvalue weighted by atomic mass is 10.1. The van der Waals surface area contributed by atoms with Crippen molar-refractivity contribution < 1.29 is 4.79 Å². The third-order valence-corrected chi connectivity index (χ3v) is 2.79. The summed E-state index contributed by atoms with van der Waals surface area (Å²) in [6.45, 7) is 4.03. The van der Waals surface area contributed by atoms with Crippen LogP contribution in [0.3, 0.4) is 0 Å². The molecule has 1 aromatic carbocycles. The van der Waals surface area contributed by atoms with Gasteiger partial charge in [-0.2, -0.15) is 5.10 Å². The second-order valence-electron chi connectivity index (χ2n) is 4.16. The average molecular weight is 249 g/mol. The standard InChI is InChI=1S/C13H13ClN2O/c1-9(2)13-10(8-17)7-16(15-13)12-5-3-11(14)4-6-12/h3-9H,1-2H3. The lowest BCUT2D eigenvalue weighted by molar-refractivity contribution is 0.112. The van der Waals surface area contributed by atoms with Crippen LogP contribution in [0.4, 0.5) is 0 Å². The first-order chi connectivity index (χ1) is 8.11. The van der Waals surface area contributed by atoms with Gasteiger partial charge in [-0.3, -0.25) is 4.79 Å². The van der Waals surface area contributed by atoms with Crippen LogP contribution in [0.1, 0.15) is 35.8 Å². The van der Waals surface area contributed by atoms with Crippen molar-refractivity contribution in [3.05, 3.63) is 46.7 Å². The van der Waals surface area contributed by atoms with E-state index in [1.807, 2.05) is 26.0 Å². The van der Waals surface area contributed by atoms with Crippen molar-refractivity contribution >= 4 is 17.9 Å². The van der Waals surface area contributed by atoms with Crippen LogP contribution in [-0.2, 0) is 0 Å². The van der Waals surface area contributed by atoms with Gasteiger partial charge in [-0.1, -0.05) is 25.4 Å². The van der Waals surface area contributed by atoms with Crippen molar-refractivity contribution in [3.8, 4) is 5.69 Å². The minimum absolute atomic E-state index is 0.226. The smallest absolute Gasteiger partial charge is 0.153 e. The molecule has 0 spiro atoms. The Morgan fingerprint density at radius 1 is 1.29 bits per heavy atom. The van der Waals surface area contributed by atoms with Gasteiger partial charge in [0, 0.05) is 11.2 Å². The molecule has 0 saturated heterocycles. The van der Waals surface area contributed by atoms with E-state index in [-0.39, 0.29) is 5.92 Å². The summed E-state index contributed by atoms with van der Waals surface area (Å²) in [6, 6.07) is 7.34. The fraction of sp³-hybridized carbons (Fsp3) is 0.231. The van der Waals surface area contributed by atoms with E-state index < -0.39 is 0 Å². The van der Waals surface area contributed by atoms with Gasteiger partial charge in [0.2, 0.25) is 0 Å². The van der Waals surface area contributed by atoms with Crippen LogP contribution >= 0.6 is 11.6 Å². The number of nitrogens with zero attached hydrogens (tertiary/aromatic N) is 2. The van der Waals surface area contributed by atoms with Crippen LogP contribution in [0, 0.1) is 0 Å². The van der Waals surface area contributed by atoms with Crippen LogP contribution in [0.25, 0.3) is 5.69 Å². The normalized spacial score (nSPS) is 10.8. The van der Waals surface area contributed by atoms with Crippen LogP contribution in [-0.4, -0.2) is 16.1 Å². The number of hydrogen-bond acceptors (Lipinski definition) is 2. The maximum absolute atomic E-state index is 11.0. The summed E-state index contributed by atoms with van der Waals surface area (Å²) in [5, 5.41) is 5.10. The molecule has 1 heterocycles. The number of aldehydes is 1. The van der Waals surface area contributed by atoms with Gasteiger partial charge in [0.1, 0.15) is 0 Å². The molecule has 3 nitrogen and oxygen atoms in total. The fourth-order valence-electron chi connectivity index (χ4n) is 1.67. The molecule has 4 heteroatoms. The Balaban J connectivity index is 2.46. The highest BCUT2D eigenvalue weighted by atomic mass is 35.5. The molecular weight excluding hydrogens is 236 g/mol. The predicted molar refractivity (Wildman–Crippen MR) is 68.1 cm³/mol. The van der Waals surface area contributed by atoms with E-state index in [0.29, 0.717) is 10.6 Å². The minimum Gasteiger partial charge on any atom is -0.298 e. The molecule has 0 fully saturated rings. The van der Waals surface area contributed by atoms with Gasteiger partial charge in [-0.25, -0.2) is 4.68 Å².